The first-order valence-corrected chi connectivity index (χ1v) is 12.6. The first-order valence-electron chi connectivity index (χ1n) is 11.7. The van der Waals surface area contributed by atoms with Crippen LogP contribution in [-0.4, -0.2) is 49.4 Å². The van der Waals surface area contributed by atoms with Crippen LogP contribution in [0.4, 0.5) is 29.5 Å². The van der Waals surface area contributed by atoms with Crippen molar-refractivity contribution in [2.75, 3.05) is 10.6 Å². The van der Waals surface area contributed by atoms with Gasteiger partial charge in [0, 0.05) is 24.7 Å². The molecule has 37 heavy (non-hydrogen) atoms. The highest BCUT2D eigenvalue weighted by Gasteiger charge is 2.38. The number of carbonyl (C=O) groups excluding carboxylic acids is 2. The number of nitrogens with one attached hydrogen (secondary N) is 3. The third-order valence-electron chi connectivity index (χ3n) is 5.67. The minimum absolute atomic E-state index is 0.0974. The lowest BCUT2D eigenvalue weighted by atomic mass is 9.90. The molecule has 3 heterocycles. The molecule has 2 atom stereocenters. The molecule has 0 aliphatic heterocycles. The second-order valence-electron chi connectivity index (χ2n) is 9.86. The zero-order chi connectivity index (χ0) is 27.0. The molecular formula is C23H28F3N7O3S. The van der Waals surface area contributed by atoms with E-state index in [1.165, 1.54) is 18.6 Å². The zero-order valence-electron chi connectivity index (χ0n) is 20.8. The average Bonchev–Trinajstić information content (AvgIpc) is 3.36. The third kappa shape index (κ3) is 6.48. The van der Waals surface area contributed by atoms with Crippen LogP contribution in [0.15, 0.2) is 17.8 Å². The van der Waals surface area contributed by atoms with Crippen molar-refractivity contribution in [1.29, 1.82) is 0 Å². The van der Waals surface area contributed by atoms with Gasteiger partial charge >= 0.3 is 12.3 Å². The number of fused-ring (bicyclic) bond motifs is 1. The van der Waals surface area contributed by atoms with E-state index in [0.717, 1.165) is 47.9 Å². The Morgan fingerprint density at radius 3 is 2.54 bits per heavy atom. The second-order valence-corrected chi connectivity index (χ2v) is 10.7. The van der Waals surface area contributed by atoms with Crippen molar-refractivity contribution < 1.29 is 27.5 Å². The van der Waals surface area contributed by atoms with Crippen LogP contribution in [0, 0.1) is 0 Å². The molecule has 3 aromatic rings. The van der Waals surface area contributed by atoms with E-state index in [1.54, 1.807) is 20.8 Å². The Labute approximate surface area is 215 Å². The van der Waals surface area contributed by atoms with E-state index in [2.05, 4.69) is 31.0 Å². The Morgan fingerprint density at radius 1 is 1.16 bits per heavy atom. The Kier molecular flexibility index (Phi) is 7.31. The van der Waals surface area contributed by atoms with Gasteiger partial charge in [-0.3, -0.25) is 9.48 Å². The van der Waals surface area contributed by atoms with Crippen LogP contribution >= 0.6 is 11.3 Å². The number of aromatic nitrogens is 4. The van der Waals surface area contributed by atoms with E-state index < -0.39 is 35.2 Å². The molecule has 0 aromatic carbocycles. The summed E-state index contributed by atoms with van der Waals surface area (Å²) in [5, 5.41) is 13.4. The van der Waals surface area contributed by atoms with Gasteiger partial charge in [0.2, 0.25) is 0 Å². The lowest BCUT2D eigenvalue weighted by molar-refractivity contribution is -0.140. The fourth-order valence-electron chi connectivity index (χ4n) is 4.15. The molecule has 14 heteroatoms. The summed E-state index contributed by atoms with van der Waals surface area (Å²) in [7, 11) is 1.34. The molecule has 3 N–H and O–H groups in total. The van der Waals surface area contributed by atoms with Crippen LogP contribution in [0.3, 0.4) is 0 Å². The molecule has 1 aliphatic rings. The molecule has 3 aromatic heterocycles. The van der Waals surface area contributed by atoms with Gasteiger partial charge in [-0.2, -0.15) is 18.3 Å². The van der Waals surface area contributed by atoms with Crippen LogP contribution in [-0.2, 0) is 18.0 Å². The number of amides is 2. The maximum atomic E-state index is 13.3. The number of alkyl halides is 3. The Hall–Kier alpha value is -3.42. The Bertz CT molecular complexity index is 1300. The molecule has 0 spiro atoms. The quantitative estimate of drug-likeness (QED) is 0.420. The van der Waals surface area contributed by atoms with Crippen molar-refractivity contribution in [3.63, 3.8) is 0 Å². The molecular weight excluding hydrogens is 511 g/mol. The highest BCUT2D eigenvalue weighted by atomic mass is 32.1. The summed E-state index contributed by atoms with van der Waals surface area (Å²) in [5.74, 6) is -0.362. The summed E-state index contributed by atoms with van der Waals surface area (Å²) in [6, 6.07) is -0.341. The number of halogens is 3. The van der Waals surface area contributed by atoms with Crippen LogP contribution in [0.2, 0.25) is 0 Å². The fourth-order valence-corrected chi connectivity index (χ4v) is 4.97. The number of hydrogen-bond donors (Lipinski definition) is 3. The minimum atomic E-state index is -4.72. The maximum absolute atomic E-state index is 13.3. The van der Waals surface area contributed by atoms with Gasteiger partial charge in [-0.1, -0.05) is 12.8 Å². The predicted molar refractivity (Wildman–Crippen MR) is 133 cm³/mol. The standard InChI is InChI=1S/C23H28F3N7O3S/c1-22(2,3)36-21(35)30-14-8-6-5-7-13(14)28-16-9-27-20-17(31-16)12(11-37-20)19(34)29-15-10-33(4)32-18(15)23(24,25)26/h9-11,13-14H,5-8H2,1-4H3,(H,28,31)(H,29,34)(H,30,35)/t13-,14+/m1/s1. The van der Waals surface area contributed by atoms with E-state index >= 15 is 0 Å². The van der Waals surface area contributed by atoms with E-state index in [4.69, 9.17) is 4.74 Å². The van der Waals surface area contributed by atoms with Crippen LogP contribution < -0.4 is 16.0 Å². The number of ether oxygens (including phenoxy) is 1. The van der Waals surface area contributed by atoms with Crippen molar-refractivity contribution >= 4 is 45.2 Å². The highest BCUT2D eigenvalue weighted by Crippen LogP contribution is 2.34. The molecule has 0 bridgehead atoms. The summed E-state index contributed by atoms with van der Waals surface area (Å²) >= 11 is 1.16. The van der Waals surface area contributed by atoms with Crippen LogP contribution in [0.5, 0.6) is 0 Å². The van der Waals surface area contributed by atoms with Gasteiger partial charge in [0.15, 0.2) is 5.69 Å². The van der Waals surface area contributed by atoms with E-state index in [1.807, 2.05) is 0 Å². The van der Waals surface area contributed by atoms with Crippen molar-refractivity contribution in [3.05, 3.63) is 29.0 Å². The van der Waals surface area contributed by atoms with E-state index in [9.17, 15) is 22.8 Å². The molecule has 4 rings (SSSR count). The largest absolute Gasteiger partial charge is 0.444 e. The lowest BCUT2D eigenvalue weighted by Gasteiger charge is -2.33. The summed E-state index contributed by atoms with van der Waals surface area (Å²) in [4.78, 5) is 34.6. The number of thiophene rings is 1. The second kappa shape index (κ2) is 10.1. The van der Waals surface area contributed by atoms with Gasteiger partial charge in [-0.25, -0.2) is 14.8 Å². The molecule has 2 amide bonds. The van der Waals surface area contributed by atoms with Gasteiger partial charge in [-0.15, -0.1) is 11.3 Å². The maximum Gasteiger partial charge on any atom is 0.437 e. The van der Waals surface area contributed by atoms with Crippen molar-refractivity contribution in [2.45, 2.75) is 70.3 Å². The number of hydrogen-bond acceptors (Lipinski definition) is 8. The monoisotopic (exact) mass is 539 g/mol. The van der Waals surface area contributed by atoms with Gasteiger partial charge in [0.1, 0.15) is 21.8 Å². The van der Waals surface area contributed by atoms with E-state index in [0.29, 0.717) is 10.6 Å². The molecule has 0 radical (unpaired) electrons. The zero-order valence-corrected chi connectivity index (χ0v) is 21.6. The predicted octanol–water partition coefficient (Wildman–Crippen LogP) is 4.94. The number of aryl methyl sites for hydroxylation is 1. The molecule has 0 saturated heterocycles. The summed E-state index contributed by atoms with van der Waals surface area (Å²) in [5.41, 5.74) is -1.89. The smallest absolute Gasteiger partial charge is 0.437 e. The average molecular weight is 540 g/mol. The summed E-state index contributed by atoms with van der Waals surface area (Å²) in [6.07, 6.45) is 0.839. The fraction of sp³-hybridized carbons (Fsp3) is 0.522. The SMILES string of the molecule is Cn1cc(NC(=O)c2csc3ncc(N[C@@H]4CCCC[C@@H]4NC(=O)OC(C)(C)C)nc23)c(C(F)(F)F)n1. The lowest BCUT2D eigenvalue weighted by Crippen LogP contribution is -2.49. The highest BCUT2D eigenvalue weighted by molar-refractivity contribution is 7.17. The normalized spacial score (nSPS) is 18.5. The van der Waals surface area contributed by atoms with Gasteiger partial charge in [-0.05, 0) is 33.6 Å². The van der Waals surface area contributed by atoms with Crippen molar-refractivity contribution in [1.82, 2.24) is 25.1 Å². The first kappa shape index (κ1) is 26.6. The molecule has 1 fully saturated rings. The van der Waals surface area contributed by atoms with Gasteiger partial charge < -0.3 is 20.7 Å². The number of anilines is 2. The molecule has 1 aliphatic carbocycles. The van der Waals surface area contributed by atoms with Crippen LogP contribution in [0.25, 0.3) is 10.3 Å². The third-order valence-corrected chi connectivity index (χ3v) is 6.55. The number of nitrogens with zero attached hydrogens (tertiary/aromatic N) is 4. The minimum Gasteiger partial charge on any atom is -0.444 e. The number of rotatable bonds is 5. The van der Waals surface area contributed by atoms with Crippen molar-refractivity contribution in [2.24, 2.45) is 7.05 Å². The first-order chi connectivity index (χ1) is 17.3. The van der Waals surface area contributed by atoms with E-state index in [-0.39, 0.29) is 23.2 Å². The van der Waals surface area contributed by atoms with Crippen molar-refractivity contribution in [3.8, 4) is 0 Å². The molecule has 1 saturated carbocycles. The Morgan fingerprint density at radius 2 is 1.86 bits per heavy atom. The Balaban J connectivity index is 1.52. The van der Waals surface area contributed by atoms with Gasteiger partial charge in [0.25, 0.3) is 5.91 Å². The topological polar surface area (TPSA) is 123 Å². The van der Waals surface area contributed by atoms with Gasteiger partial charge in [0.05, 0.1) is 23.5 Å². The molecule has 200 valence electrons. The molecule has 10 nitrogen and oxygen atoms in total. The number of alkyl carbamates (subject to hydrolysis) is 1. The summed E-state index contributed by atoms with van der Waals surface area (Å²) in [6.45, 7) is 5.38. The number of carbonyl (C=O) groups is 2. The van der Waals surface area contributed by atoms with Crippen LogP contribution in [0.1, 0.15) is 62.5 Å². The molecule has 0 unspecified atom stereocenters. The summed E-state index contributed by atoms with van der Waals surface area (Å²) < 4.78 is 46.2.